The highest BCUT2D eigenvalue weighted by molar-refractivity contribution is 6.33. The van der Waals surface area contributed by atoms with Crippen LogP contribution in [0.15, 0.2) is 92.9 Å². The van der Waals surface area contributed by atoms with Crippen molar-refractivity contribution in [3.8, 4) is 28.7 Å². The van der Waals surface area contributed by atoms with E-state index >= 15 is 9.59 Å². The monoisotopic (exact) mass is 1000 g/mol. The molecule has 6 aromatic rings. The molecule has 364 valence electrons. The average molecular weight is 1010 g/mol. The third-order valence-corrected chi connectivity index (χ3v) is 13.7. The maximum absolute atomic E-state index is 15.5. The van der Waals surface area contributed by atoms with Crippen LogP contribution in [0.5, 0.6) is 28.7 Å². The van der Waals surface area contributed by atoms with Gasteiger partial charge in [0.2, 0.25) is 5.75 Å². The maximum atomic E-state index is 15.5. The first-order chi connectivity index (χ1) is 33.4. The molecule has 2 aliphatic heterocycles. The van der Waals surface area contributed by atoms with Gasteiger partial charge in [-0.25, -0.2) is 33.5 Å². The van der Waals surface area contributed by atoms with Gasteiger partial charge in [0, 0.05) is 49.3 Å². The first-order valence-electron chi connectivity index (χ1n) is 21.4. The fourth-order valence-electron chi connectivity index (χ4n) is 9.84. The summed E-state index contributed by atoms with van der Waals surface area (Å²) in [6.45, 7) is -0.429. The molecule has 2 N–H and O–H groups in total. The Morgan fingerprint density at radius 1 is 0.900 bits per heavy atom. The summed E-state index contributed by atoms with van der Waals surface area (Å²) in [6, 6.07) is 12.0. The Labute approximate surface area is 404 Å². The molecule has 2 amide bonds. The number of carbonyl (C=O) groups excluding carboxylic acids is 2. The van der Waals surface area contributed by atoms with Crippen LogP contribution in [-0.2, 0) is 47.7 Å². The van der Waals surface area contributed by atoms with Gasteiger partial charge in [-0.3, -0.25) is 19.8 Å². The number of methoxy groups -OCH3 is 4. The molecular formula is C47H41Cl2F3N8O10. The fourth-order valence-corrected chi connectivity index (χ4v) is 10.2. The Kier molecular flexibility index (Phi) is 12.1. The van der Waals surface area contributed by atoms with E-state index in [0.29, 0.717) is 61.5 Å². The van der Waals surface area contributed by atoms with E-state index in [4.69, 9.17) is 42.1 Å². The predicted molar refractivity (Wildman–Crippen MR) is 249 cm³/mol. The highest BCUT2D eigenvalue weighted by Crippen LogP contribution is 2.59. The lowest BCUT2D eigenvalue weighted by molar-refractivity contribution is -0.139. The lowest BCUT2D eigenvalue weighted by Gasteiger charge is -2.47. The number of hydrazine groups is 1. The number of phenols is 1. The topological polar surface area (TPSA) is 203 Å². The molecule has 9 rings (SSSR count). The molecule has 4 atom stereocenters. The van der Waals surface area contributed by atoms with Crippen LogP contribution < -0.4 is 41.3 Å². The summed E-state index contributed by atoms with van der Waals surface area (Å²) < 4.78 is 67.3. The largest absolute Gasteiger partial charge is 0.502 e. The number of hydrogen-bond donors (Lipinski definition) is 2. The number of anilines is 1. The SMILES string of the molecule is COc1cc2nc(CCn3c(=O)n4n(c3=O)C3CC5C(=O)N(Nc6ncc(C(F)(F)F)cc6Cl)C(=O)C5(c5ccc(Cl)cc5)C(C=Cc5cc(OC)c(O)c(OC)c5)C3=CC4)c(=O)n(C)c2cc1OC. The van der Waals surface area contributed by atoms with E-state index in [1.165, 1.54) is 66.6 Å². The molecule has 5 heterocycles. The number of aryl methyl sites for hydroxylation is 2. The predicted octanol–water partition coefficient (Wildman–Crippen LogP) is 5.93. The van der Waals surface area contributed by atoms with Crippen molar-refractivity contribution in [1.82, 2.24) is 33.5 Å². The minimum atomic E-state index is -4.80. The molecule has 3 aromatic carbocycles. The number of rotatable bonds is 12. The second-order valence-electron chi connectivity index (χ2n) is 16.6. The van der Waals surface area contributed by atoms with Crippen molar-refractivity contribution in [1.29, 1.82) is 0 Å². The van der Waals surface area contributed by atoms with E-state index in [1.807, 2.05) is 0 Å². The summed E-state index contributed by atoms with van der Waals surface area (Å²) in [4.78, 5) is 81.5. The zero-order valence-corrected chi connectivity index (χ0v) is 39.2. The lowest BCUT2D eigenvalue weighted by Crippen LogP contribution is -2.54. The van der Waals surface area contributed by atoms with Gasteiger partial charge in [0.15, 0.2) is 28.8 Å². The van der Waals surface area contributed by atoms with Crippen molar-refractivity contribution in [2.45, 2.75) is 43.6 Å². The van der Waals surface area contributed by atoms with Crippen LogP contribution in [0.2, 0.25) is 10.0 Å². The number of phenolic OH excluding ortho intramolecular Hbond substituents is 1. The fraction of sp³-hybridized carbons (Fsp3) is 0.298. The van der Waals surface area contributed by atoms with Gasteiger partial charge in [0.1, 0.15) is 5.69 Å². The van der Waals surface area contributed by atoms with E-state index in [1.54, 1.807) is 49.5 Å². The first-order valence-corrected chi connectivity index (χ1v) is 22.1. The Balaban J connectivity index is 1.18. The molecule has 18 nitrogen and oxygen atoms in total. The number of alkyl halides is 3. The summed E-state index contributed by atoms with van der Waals surface area (Å²) >= 11 is 12.7. The quantitative estimate of drug-likeness (QED) is 0.108. The van der Waals surface area contributed by atoms with Crippen LogP contribution >= 0.6 is 23.2 Å². The van der Waals surface area contributed by atoms with E-state index < -0.39 is 74.6 Å². The van der Waals surface area contributed by atoms with Crippen LogP contribution in [0.3, 0.4) is 0 Å². The molecular weight excluding hydrogens is 964 g/mol. The maximum Gasteiger partial charge on any atom is 0.417 e. The van der Waals surface area contributed by atoms with Crippen molar-refractivity contribution in [2.75, 3.05) is 33.9 Å². The van der Waals surface area contributed by atoms with Crippen LogP contribution in [0.4, 0.5) is 19.0 Å². The molecule has 1 aliphatic carbocycles. The number of imide groups is 1. The van der Waals surface area contributed by atoms with Crippen LogP contribution in [0.1, 0.15) is 34.8 Å². The zero-order chi connectivity index (χ0) is 50.1. The summed E-state index contributed by atoms with van der Waals surface area (Å²) in [7, 11) is 7.17. The van der Waals surface area contributed by atoms with Gasteiger partial charge in [-0.1, -0.05) is 53.6 Å². The molecule has 3 aromatic heterocycles. The number of hydrogen-bond acceptors (Lipinski definition) is 13. The molecule has 2 fully saturated rings. The first kappa shape index (κ1) is 47.5. The van der Waals surface area contributed by atoms with E-state index in [-0.39, 0.29) is 48.9 Å². The second-order valence-corrected chi connectivity index (χ2v) is 17.5. The van der Waals surface area contributed by atoms with Crippen molar-refractivity contribution in [3.63, 3.8) is 0 Å². The number of ether oxygens (including phenoxy) is 4. The molecule has 70 heavy (non-hydrogen) atoms. The van der Waals surface area contributed by atoms with Crippen molar-refractivity contribution < 1.29 is 46.8 Å². The number of benzene rings is 3. The van der Waals surface area contributed by atoms with E-state index in [2.05, 4.69) is 15.4 Å². The van der Waals surface area contributed by atoms with Crippen molar-refractivity contribution in [3.05, 3.63) is 142 Å². The zero-order valence-electron chi connectivity index (χ0n) is 37.7. The number of aromatic nitrogens is 6. The number of aromatic hydroxyl groups is 1. The summed E-state index contributed by atoms with van der Waals surface area (Å²) in [5.41, 5.74) is -0.272. The van der Waals surface area contributed by atoms with Crippen LogP contribution in [0.25, 0.3) is 17.1 Å². The third kappa shape index (κ3) is 7.54. The number of amides is 2. The molecule has 4 unspecified atom stereocenters. The minimum Gasteiger partial charge on any atom is -0.502 e. The minimum absolute atomic E-state index is 0.0553. The number of nitrogens with one attached hydrogen (secondary N) is 1. The number of allylic oxidation sites excluding steroid dienone is 3. The van der Waals surface area contributed by atoms with Gasteiger partial charge in [-0.2, -0.15) is 18.2 Å². The highest BCUT2D eigenvalue weighted by atomic mass is 35.5. The average Bonchev–Trinajstić information content (AvgIpc) is 3.71. The number of pyridine rings is 1. The van der Waals surface area contributed by atoms with Gasteiger partial charge in [0.25, 0.3) is 17.4 Å². The summed E-state index contributed by atoms with van der Waals surface area (Å²) in [5.74, 6) is -3.97. The Morgan fingerprint density at radius 3 is 2.19 bits per heavy atom. The van der Waals surface area contributed by atoms with Gasteiger partial charge in [-0.05, 0) is 53.5 Å². The second kappa shape index (κ2) is 17.8. The Hall–Kier alpha value is -7.52. The van der Waals surface area contributed by atoms with E-state index in [0.717, 1.165) is 4.57 Å². The van der Waals surface area contributed by atoms with Gasteiger partial charge in [0.05, 0.1) is 74.0 Å². The number of fused-ring (bicyclic) bond motifs is 5. The Morgan fingerprint density at radius 2 is 1.56 bits per heavy atom. The molecule has 0 spiro atoms. The number of carbonyl (C=O) groups is 2. The van der Waals surface area contributed by atoms with E-state index in [9.17, 15) is 32.7 Å². The van der Waals surface area contributed by atoms with Crippen LogP contribution in [-0.4, -0.2) is 78.8 Å². The molecule has 1 saturated carbocycles. The lowest BCUT2D eigenvalue weighted by atomic mass is 9.54. The molecule has 23 heteroatoms. The summed E-state index contributed by atoms with van der Waals surface area (Å²) in [6.07, 6.45) is 0.314. The van der Waals surface area contributed by atoms with Gasteiger partial charge < -0.3 is 28.6 Å². The van der Waals surface area contributed by atoms with Crippen LogP contribution in [0, 0.1) is 11.8 Å². The standard InChI is InChI=1S/C47H41Cl2F3N8O10/c1-56-34-21-36(68-3)35(67-2)20-32(34)54-31(42(56)63)13-14-57-44(65)58-15-12-27-28(11-6-23-16-37(69-4)39(61)38(17-23)70-5)46(24-7-9-26(48)10-8-24)29(19-33(27)60(58)45(57)66)41(62)59(43(46)64)55-40-30(49)18-25(22-53-40)47(50,51)52/h6-12,16-18,20-22,28-29,33,61H,13-15,19H2,1-5H3,(H,53,55). The normalized spacial score (nSPS) is 19.8. The molecule has 0 radical (unpaired) electrons. The number of halogens is 5. The van der Waals surface area contributed by atoms with Gasteiger partial charge in [-0.15, -0.1) is 0 Å². The van der Waals surface area contributed by atoms with Crippen molar-refractivity contribution >= 4 is 57.9 Å². The molecule has 3 aliphatic rings. The summed E-state index contributed by atoms with van der Waals surface area (Å²) in [5, 5.41) is 11.1. The molecule has 1 saturated heterocycles. The molecule has 0 bridgehead atoms. The Bertz CT molecular complexity index is 3380. The number of nitrogens with zero attached hydrogens (tertiary/aromatic N) is 7. The smallest absolute Gasteiger partial charge is 0.417 e. The third-order valence-electron chi connectivity index (χ3n) is 13.2. The van der Waals surface area contributed by atoms with Crippen molar-refractivity contribution in [2.24, 2.45) is 18.9 Å². The highest BCUT2D eigenvalue weighted by Gasteiger charge is 2.68. The van der Waals surface area contributed by atoms with Gasteiger partial charge >= 0.3 is 17.6 Å².